The summed E-state index contributed by atoms with van der Waals surface area (Å²) in [5.74, 6) is -4.18. The van der Waals surface area contributed by atoms with Crippen LogP contribution in [0.4, 0.5) is 17.6 Å². The molecule has 3 aliphatic rings. The van der Waals surface area contributed by atoms with Gasteiger partial charge in [0.2, 0.25) is 0 Å². The van der Waals surface area contributed by atoms with Gasteiger partial charge in [-0.1, -0.05) is 31.4 Å². The molecule has 1 aromatic carbocycles. The Hall–Kier alpha value is -3.45. The predicted octanol–water partition coefficient (Wildman–Crippen LogP) is 4.01. The van der Waals surface area contributed by atoms with Crippen LogP contribution < -0.4 is 5.32 Å². The fourth-order valence-electron chi connectivity index (χ4n) is 6.32. The maximum absolute atomic E-state index is 13.9. The number of fused-ring (bicyclic) bond motifs is 1. The fraction of sp³-hybridized carbons (Fsp3) is 0.567. The van der Waals surface area contributed by atoms with Crippen LogP contribution in [0.1, 0.15) is 55.1 Å². The van der Waals surface area contributed by atoms with Crippen LogP contribution in [0.5, 0.6) is 0 Å². The Morgan fingerprint density at radius 2 is 1.79 bits per heavy atom. The number of piperazine rings is 1. The molecule has 1 saturated heterocycles. The van der Waals surface area contributed by atoms with Crippen molar-refractivity contribution in [1.29, 1.82) is 0 Å². The maximum atomic E-state index is 13.9. The molecule has 3 heterocycles. The minimum absolute atomic E-state index is 0.0441. The highest BCUT2D eigenvalue weighted by atomic mass is 19.4. The lowest BCUT2D eigenvalue weighted by Gasteiger charge is -2.42. The zero-order valence-corrected chi connectivity index (χ0v) is 24.1. The first-order valence-electron chi connectivity index (χ1n) is 14.8. The molecule has 1 N–H and O–H groups in total. The minimum Gasteiger partial charge on any atom is -0.349 e. The number of hydrogen-bond acceptors (Lipinski definition) is 6. The highest BCUT2D eigenvalue weighted by Gasteiger charge is 2.46. The van der Waals surface area contributed by atoms with Crippen molar-refractivity contribution >= 4 is 17.8 Å². The Balaban J connectivity index is 1.43. The quantitative estimate of drug-likeness (QED) is 0.378. The lowest BCUT2D eigenvalue weighted by atomic mass is 9.83. The van der Waals surface area contributed by atoms with Crippen molar-refractivity contribution in [3.63, 3.8) is 0 Å². The zero-order chi connectivity index (χ0) is 30.7. The summed E-state index contributed by atoms with van der Waals surface area (Å²) < 4.78 is 55.9. The van der Waals surface area contributed by atoms with Gasteiger partial charge < -0.3 is 19.6 Å². The third-order valence-electron chi connectivity index (χ3n) is 8.74. The van der Waals surface area contributed by atoms with Crippen molar-refractivity contribution in [2.75, 3.05) is 46.3 Å². The third kappa shape index (κ3) is 7.38. The van der Waals surface area contributed by atoms with Gasteiger partial charge in [0.15, 0.2) is 0 Å². The Kier molecular flexibility index (Phi) is 9.40. The van der Waals surface area contributed by atoms with E-state index in [1.807, 2.05) is 7.05 Å². The molecule has 1 saturated carbocycles. The van der Waals surface area contributed by atoms with Gasteiger partial charge in [0.1, 0.15) is 11.5 Å². The molecule has 2 amide bonds. The van der Waals surface area contributed by atoms with Crippen molar-refractivity contribution in [2.45, 2.75) is 56.8 Å². The SMILES string of the molecule is CN1CCN(C[C@H](C2CCCCC2)N(OC(=O)C(F)(F)F)C(=O)C[C@H]2CNC(=O)c3cc(-c4cccc(F)c4)cn32)CC1. The molecule has 0 unspecified atom stereocenters. The third-order valence-corrected chi connectivity index (χ3v) is 8.74. The lowest BCUT2D eigenvalue weighted by molar-refractivity contribution is -0.248. The molecule has 13 heteroatoms. The molecular formula is C30H37F4N5O4. The number of amides is 2. The summed E-state index contributed by atoms with van der Waals surface area (Å²) in [5, 5.41) is 3.42. The first-order chi connectivity index (χ1) is 20.5. The van der Waals surface area contributed by atoms with E-state index in [1.165, 1.54) is 12.1 Å². The number of hydroxylamine groups is 2. The van der Waals surface area contributed by atoms with E-state index < -0.39 is 36.0 Å². The largest absolute Gasteiger partial charge is 0.493 e. The van der Waals surface area contributed by atoms with Crippen LogP contribution in [0.2, 0.25) is 0 Å². The highest BCUT2D eigenvalue weighted by molar-refractivity contribution is 5.95. The summed E-state index contributed by atoms with van der Waals surface area (Å²) in [6.45, 7) is 3.25. The standard InChI is InChI=1S/C30H37F4N5O4/c1-36-10-12-37(13-11-36)19-26(20-6-3-2-4-7-20)39(43-29(42)30(32,33)34)27(40)16-24-17-35-28(41)25-15-22(18-38(24)25)21-8-5-9-23(31)14-21/h5,8-9,14-15,18,20,24,26H,2-4,6-7,10-13,16-17,19H2,1H3,(H,35,41)/t24-,26+/m0/s1. The maximum Gasteiger partial charge on any atom is 0.493 e. The number of carbonyl (C=O) groups excluding carboxylic acids is 3. The number of aromatic nitrogens is 1. The number of halogens is 4. The second-order valence-electron chi connectivity index (χ2n) is 11.8. The summed E-state index contributed by atoms with van der Waals surface area (Å²) in [5.41, 5.74) is 1.33. The van der Waals surface area contributed by atoms with E-state index in [-0.39, 0.29) is 37.0 Å². The molecule has 2 fully saturated rings. The van der Waals surface area contributed by atoms with E-state index in [4.69, 9.17) is 4.84 Å². The molecule has 43 heavy (non-hydrogen) atoms. The second-order valence-corrected chi connectivity index (χ2v) is 11.8. The topological polar surface area (TPSA) is 87.1 Å². The molecule has 2 aromatic rings. The number of nitrogens with zero attached hydrogens (tertiary/aromatic N) is 4. The van der Waals surface area contributed by atoms with E-state index in [0.29, 0.717) is 42.1 Å². The van der Waals surface area contributed by atoms with Crippen LogP contribution in [0.15, 0.2) is 36.5 Å². The molecule has 5 rings (SSSR count). The van der Waals surface area contributed by atoms with E-state index in [2.05, 4.69) is 15.1 Å². The minimum atomic E-state index is -5.28. The number of hydrogen-bond donors (Lipinski definition) is 1. The van der Waals surface area contributed by atoms with Crippen LogP contribution in [0.25, 0.3) is 11.1 Å². The van der Waals surface area contributed by atoms with Crippen LogP contribution >= 0.6 is 0 Å². The van der Waals surface area contributed by atoms with Gasteiger partial charge in [0.25, 0.3) is 11.8 Å². The Labute approximate surface area is 247 Å². The highest BCUT2D eigenvalue weighted by Crippen LogP contribution is 2.33. The van der Waals surface area contributed by atoms with Crippen LogP contribution in [0, 0.1) is 11.7 Å². The molecule has 1 aromatic heterocycles. The monoisotopic (exact) mass is 607 g/mol. The second kappa shape index (κ2) is 13.0. The zero-order valence-electron chi connectivity index (χ0n) is 24.1. The van der Waals surface area contributed by atoms with Crippen molar-refractivity contribution in [1.82, 2.24) is 24.7 Å². The van der Waals surface area contributed by atoms with Gasteiger partial charge in [-0.15, -0.1) is 0 Å². The number of nitrogens with one attached hydrogen (secondary N) is 1. The molecule has 234 valence electrons. The molecule has 0 spiro atoms. The normalized spacial score (nSPS) is 21.1. The Morgan fingerprint density at radius 1 is 1.07 bits per heavy atom. The number of alkyl halides is 3. The van der Waals surface area contributed by atoms with Crippen LogP contribution in [-0.2, 0) is 14.4 Å². The number of likely N-dealkylation sites (N-methyl/N-ethyl adjacent to an activating group) is 1. The summed E-state index contributed by atoms with van der Waals surface area (Å²) >= 11 is 0. The Bertz CT molecular complexity index is 1320. The lowest BCUT2D eigenvalue weighted by Crippen LogP contribution is -2.56. The average Bonchev–Trinajstić information content (AvgIpc) is 3.44. The van der Waals surface area contributed by atoms with E-state index in [0.717, 1.165) is 32.4 Å². The van der Waals surface area contributed by atoms with Gasteiger partial charge in [-0.25, -0.2) is 9.18 Å². The molecule has 1 aliphatic carbocycles. The van der Waals surface area contributed by atoms with Gasteiger partial charge in [0.05, 0.1) is 18.5 Å². The van der Waals surface area contributed by atoms with Crippen LogP contribution in [0.3, 0.4) is 0 Å². The Morgan fingerprint density at radius 3 is 2.47 bits per heavy atom. The van der Waals surface area contributed by atoms with Crippen molar-refractivity contribution in [3.05, 3.63) is 48.0 Å². The number of carbonyl (C=O) groups is 3. The molecule has 2 aliphatic heterocycles. The molecule has 2 atom stereocenters. The summed E-state index contributed by atoms with van der Waals surface area (Å²) in [6, 6.07) is 6.02. The van der Waals surface area contributed by atoms with Gasteiger partial charge >= 0.3 is 12.1 Å². The number of benzene rings is 1. The molecular weight excluding hydrogens is 570 g/mol. The van der Waals surface area contributed by atoms with Gasteiger partial charge in [-0.05, 0) is 49.6 Å². The van der Waals surface area contributed by atoms with Gasteiger partial charge in [0, 0.05) is 51.0 Å². The predicted molar refractivity (Wildman–Crippen MR) is 149 cm³/mol. The van der Waals surface area contributed by atoms with Crippen molar-refractivity contribution in [3.8, 4) is 11.1 Å². The first kappa shape index (κ1) is 31.0. The average molecular weight is 608 g/mol. The molecule has 9 nitrogen and oxygen atoms in total. The van der Waals surface area contributed by atoms with E-state index in [1.54, 1.807) is 29.0 Å². The van der Waals surface area contributed by atoms with Crippen molar-refractivity contribution in [2.24, 2.45) is 5.92 Å². The molecule has 0 radical (unpaired) electrons. The van der Waals surface area contributed by atoms with Crippen LogP contribution in [-0.4, -0.2) is 95.7 Å². The van der Waals surface area contributed by atoms with Gasteiger partial charge in [-0.2, -0.15) is 18.2 Å². The van der Waals surface area contributed by atoms with Crippen molar-refractivity contribution < 1.29 is 36.8 Å². The first-order valence-corrected chi connectivity index (χ1v) is 14.8. The number of rotatable bonds is 7. The summed E-state index contributed by atoms with van der Waals surface area (Å²) in [7, 11) is 2.00. The molecule has 0 bridgehead atoms. The summed E-state index contributed by atoms with van der Waals surface area (Å²) in [6.07, 6.45) is 0.216. The fourth-order valence-corrected chi connectivity index (χ4v) is 6.32. The van der Waals surface area contributed by atoms with Gasteiger partial charge in [-0.3, -0.25) is 14.5 Å². The summed E-state index contributed by atoms with van der Waals surface area (Å²) in [4.78, 5) is 48.0. The van der Waals surface area contributed by atoms with E-state index >= 15 is 0 Å². The van der Waals surface area contributed by atoms with E-state index in [9.17, 15) is 31.9 Å². The smallest absolute Gasteiger partial charge is 0.349 e.